The number of nitrogens with zero attached hydrogens (tertiary/aromatic N) is 4. The van der Waals surface area contributed by atoms with Gasteiger partial charge in [0.15, 0.2) is 0 Å². The van der Waals surface area contributed by atoms with E-state index in [-0.39, 0.29) is 19.1 Å². The number of benzene rings is 1. The van der Waals surface area contributed by atoms with Crippen LogP contribution in [-0.4, -0.2) is 73.2 Å². The molecule has 140 valence electrons. The molecule has 1 aliphatic rings. The Kier molecular flexibility index (Phi) is 5.12. The summed E-state index contributed by atoms with van der Waals surface area (Å²) < 4.78 is 26.9. The molecule has 1 saturated heterocycles. The lowest BCUT2D eigenvalue weighted by Crippen LogP contribution is -2.53. The molecule has 1 aliphatic heterocycles. The van der Waals surface area contributed by atoms with E-state index >= 15 is 0 Å². The maximum Gasteiger partial charge on any atom is 0.321 e. The summed E-state index contributed by atoms with van der Waals surface area (Å²) in [6.07, 6.45) is 0. The van der Waals surface area contributed by atoms with Crippen molar-refractivity contribution in [2.45, 2.75) is 6.92 Å². The monoisotopic (exact) mass is 377 g/mol. The third kappa shape index (κ3) is 3.64. The number of urea groups is 1. The van der Waals surface area contributed by atoms with Gasteiger partial charge in [0.1, 0.15) is 0 Å². The van der Waals surface area contributed by atoms with Crippen LogP contribution in [0.4, 0.5) is 10.5 Å². The predicted molar refractivity (Wildman–Crippen MR) is 101 cm³/mol. The Morgan fingerprint density at radius 2 is 1.81 bits per heavy atom. The van der Waals surface area contributed by atoms with Crippen molar-refractivity contribution >= 4 is 32.8 Å². The highest BCUT2D eigenvalue weighted by atomic mass is 32.2. The van der Waals surface area contributed by atoms with Crippen molar-refractivity contribution in [2.24, 2.45) is 0 Å². The van der Waals surface area contributed by atoms with Crippen molar-refractivity contribution in [3.8, 4) is 0 Å². The highest BCUT2D eigenvalue weighted by Gasteiger charge is 2.30. The highest BCUT2D eigenvalue weighted by molar-refractivity contribution is 7.86. The molecule has 1 fully saturated rings. The van der Waals surface area contributed by atoms with E-state index in [9.17, 15) is 13.2 Å². The van der Waals surface area contributed by atoms with Crippen molar-refractivity contribution in [1.29, 1.82) is 0 Å². The van der Waals surface area contributed by atoms with Crippen molar-refractivity contribution in [3.05, 3.63) is 36.0 Å². The van der Waals surface area contributed by atoms with Gasteiger partial charge in [-0.15, -0.1) is 0 Å². The number of para-hydroxylation sites is 1. The van der Waals surface area contributed by atoms with Crippen molar-refractivity contribution in [1.82, 2.24) is 18.5 Å². The Morgan fingerprint density at radius 3 is 2.46 bits per heavy atom. The number of amides is 2. The summed E-state index contributed by atoms with van der Waals surface area (Å²) in [7, 11) is -0.435. The summed E-state index contributed by atoms with van der Waals surface area (Å²) in [6, 6.07) is 9.29. The average molecular weight is 377 g/mol. The number of carbonyl (C=O) groups excluding carboxylic acids is 1. The van der Waals surface area contributed by atoms with E-state index in [4.69, 9.17) is 0 Å². The standard InChI is InChI=1S/C17H23N5O3S/c1-13-7-8-14-5-4-6-15(16(14)18-13)19-17(23)21-9-11-22(12-10-21)26(24,25)20(2)3/h4-8H,9-12H2,1-3H3,(H,19,23). The van der Waals surface area contributed by atoms with Gasteiger partial charge < -0.3 is 10.2 Å². The summed E-state index contributed by atoms with van der Waals surface area (Å²) in [5.41, 5.74) is 2.27. The first-order chi connectivity index (χ1) is 12.3. The van der Waals surface area contributed by atoms with Gasteiger partial charge in [0.25, 0.3) is 10.2 Å². The number of rotatable bonds is 3. The molecule has 3 rings (SSSR count). The molecular weight excluding hydrogens is 354 g/mol. The highest BCUT2D eigenvalue weighted by Crippen LogP contribution is 2.22. The molecule has 0 aliphatic carbocycles. The lowest BCUT2D eigenvalue weighted by atomic mass is 10.2. The first-order valence-corrected chi connectivity index (χ1v) is 9.78. The maximum atomic E-state index is 12.6. The van der Waals surface area contributed by atoms with Crippen molar-refractivity contribution in [3.63, 3.8) is 0 Å². The van der Waals surface area contributed by atoms with Crippen LogP contribution >= 0.6 is 0 Å². The summed E-state index contributed by atoms with van der Waals surface area (Å²) in [5, 5.41) is 3.86. The minimum atomic E-state index is -3.44. The number of hydrogen-bond donors (Lipinski definition) is 1. The first-order valence-electron chi connectivity index (χ1n) is 8.39. The fourth-order valence-corrected chi connectivity index (χ4v) is 3.98. The molecule has 9 heteroatoms. The van der Waals surface area contributed by atoms with E-state index in [0.29, 0.717) is 18.8 Å². The topological polar surface area (TPSA) is 85.8 Å². The average Bonchev–Trinajstić information content (AvgIpc) is 2.62. The largest absolute Gasteiger partial charge is 0.322 e. The number of anilines is 1. The Labute approximate surface area is 153 Å². The molecule has 0 radical (unpaired) electrons. The molecule has 1 N–H and O–H groups in total. The van der Waals surface area contributed by atoms with Gasteiger partial charge in [0.2, 0.25) is 0 Å². The second kappa shape index (κ2) is 7.18. The number of piperazine rings is 1. The van der Waals surface area contributed by atoms with E-state index in [0.717, 1.165) is 16.6 Å². The number of hydrogen-bond acceptors (Lipinski definition) is 4. The quantitative estimate of drug-likeness (QED) is 0.878. The molecule has 1 aromatic heterocycles. The number of fused-ring (bicyclic) bond motifs is 1. The van der Waals surface area contributed by atoms with Crippen LogP contribution in [-0.2, 0) is 10.2 Å². The zero-order valence-corrected chi connectivity index (χ0v) is 16.0. The second-order valence-corrected chi connectivity index (χ2v) is 8.58. The van der Waals surface area contributed by atoms with E-state index in [1.54, 1.807) is 4.90 Å². The van der Waals surface area contributed by atoms with Gasteiger partial charge >= 0.3 is 6.03 Å². The fraction of sp³-hybridized carbons (Fsp3) is 0.412. The number of carbonyl (C=O) groups is 1. The van der Waals surface area contributed by atoms with Gasteiger partial charge in [-0.1, -0.05) is 18.2 Å². The Morgan fingerprint density at radius 1 is 1.12 bits per heavy atom. The maximum absolute atomic E-state index is 12.6. The summed E-state index contributed by atoms with van der Waals surface area (Å²) >= 11 is 0. The molecule has 0 unspecified atom stereocenters. The van der Waals surface area contributed by atoms with Gasteiger partial charge in [-0.05, 0) is 19.1 Å². The molecule has 26 heavy (non-hydrogen) atoms. The van der Waals surface area contributed by atoms with Crippen LogP contribution in [0.5, 0.6) is 0 Å². The number of pyridine rings is 1. The zero-order chi connectivity index (χ0) is 18.9. The first kappa shape index (κ1) is 18.6. The van der Waals surface area contributed by atoms with E-state index in [2.05, 4.69) is 10.3 Å². The lowest BCUT2D eigenvalue weighted by molar-refractivity contribution is 0.182. The van der Waals surface area contributed by atoms with Crippen LogP contribution in [0.25, 0.3) is 10.9 Å². The van der Waals surface area contributed by atoms with Gasteiger partial charge in [-0.3, -0.25) is 4.98 Å². The molecule has 1 aromatic carbocycles. The second-order valence-electron chi connectivity index (χ2n) is 6.44. The molecule has 8 nitrogen and oxygen atoms in total. The fourth-order valence-electron chi connectivity index (χ4n) is 2.89. The minimum absolute atomic E-state index is 0.247. The van der Waals surface area contributed by atoms with Gasteiger partial charge in [0, 0.05) is 51.4 Å². The van der Waals surface area contributed by atoms with Gasteiger partial charge in [-0.2, -0.15) is 17.0 Å². The minimum Gasteiger partial charge on any atom is -0.322 e. The molecule has 2 heterocycles. The SMILES string of the molecule is Cc1ccc2cccc(NC(=O)N3CCN(S(=O)(=O)N(C)C)CC3)c2n1. The molecule has 2 aromatic rings. The molecule has 0 atom stereocenters. The number of aryl methyl sites for hydroxylation is 1. The van der Waals surface area contributed by atoms with Crippen LogP contribution in [0.3, 0.4) is 0 Å². The van der Waals surface area contributed by atoms with Crippen LogP contribution < -0.4 is 5.32 Å². The van der Waals surface area contributed by atoms with Crippen molar-refractivity contribution < 1.29 is 13.2 Å². The molecule has 0 spiro atoms. The third-order valence-corrected chi connectivity index (χ3v) is 6.36. The van der Waals surface area contributed by atoms with Gasteiger partial charge in [0.05, 0.1) is 11.2 Å². The number of nitrogens with one attached hydrogen (secondary N) is 1. The summed E-state index contributed by atoms with van der Waals surface area (Å²) in [4.78, 5) is 18.7. The number of aromatic nitrogens is 1. The summed E-state index contributed by atoms with van der Waals surface area (Å²) in [5.74, 6) is 0. The lowest BCUT2D eigenvalue weighted by Gasteiger charge is -2.35. The smallest absolute Gasteiger partial charge is 0.321 e. The van der Waals surface area contributed by atoms with E-state index in [1.165, 1.54) is 22.7 Å². The normalized spacial score (nSPS) is 16.2. The molecule has 2 amide bonds. The van der Waals surface area contributed by atoms with Crippen molar-refractivity contribution in [2.75, 3.05) is 45.6 Å². The van der Waals surface area contributed by atoms with Crippen LogP contribution in [0.1, 0.15) is 5.69 Å². The molecule has 0 saturated carbocycles. The Balaban J connectivity index is 1.70. The van der Waals surface area contributed by atoms with E-state index < -0.39 is 10.2 Å². The Hall–Kier alpha value is -2.23. The van der Waals surface area contributed by atoms with Crippen LogP contribution in [0.2, 0.25) is 0 Å². The molecule has 0 bridgehead atoms. The molecular formula is C17H23N5O3S. The Bertz CT molecular complexity index is 921. The van der Waals surface area contributed by atoms with E-state index in [1.807, 2.05) is 37.3 Å². The predicted octanol–water partition coefficient (Wildman–Crippen LogP) is 1.50. The van der Waals surface area contributed by atoms with Crippen LogP contribution in [0, 0.1) is 6.92 Å². The summed E-state index contributed by atoms with van der Waals surface area (Å²) in [6.45, 7) is 3.15. The third-order valence-electron chi connectivity index (χ3n) is 4.41. The van der Waals surface area contributed by atoms with Crippen LogP contribution in [0.15, 0.2) is 30.3 Å². The zero-order valence-electron chi connectivity index (χ0n) is 15.1. The van der Waals surface area contributed by atoms with Gasteiger partial charge in [-0.25, -0.2) is 4.79 Å².